The number of carbonyl (C=O) groups is 5. The molecule has 2 heterocycles. The minimum absolute atomic E-state index is 0.245. The molecule has 0 saturated carbocycles. The van der Waals surface area contributed by atoms with E-state index in [2.05, 4.69) is 26.3 Å². The van der Waals surface area contributed by atoms with Gasteiger partial charge < -0.3 is 31.1 Å². The monoisotopic (exact) mass is 766 g/mol. The highest BCUT2D eigenvalue weighted by Gasteiger charge is 2.47. The van der Waals surface area contributed by atoms with Crippen molar-refractivity contribution in [3.63, 3.8) is 0 Å². The largest absolute Gasteiger partial charge is 0.375 e. The van der Waals surface area contributed by atoms with Gasteiger partial charge in [0, 0.05) is 56.7 Å². The lowest BCUT2D eigenvalue weighted by atomic mass is 10.0. The van der Waals surface area contributed by atoms with Crippen LogP contribution in [0.3, 0.4) is 0 Å². The molecule has 1 saturated heterocycles. The van der Waals surface area contributed by atoms with Gasteiger partial charge in [-0.3, -0.25) is 29.0 Å². The number of nitriles is 1. The molecule has 0 bridgehead atoms. The van der Waals surface area contributed by atoms with Gasteiger partial charge in [-0.1, -0.05) is 60.7 Å². The first kappa shape index (κ1) is 40.7. The molecule has 1 aliphatic rings. The third-order valence-corrected chi connectivity index (χ3v) is 9.55. The molecule has 0 radical (unpaired) electrons. The Morgan fingerprint density at radius 1 is 0.946 bits per heavy atom. The number of halogens is 2. The average Bonchev–Trinajstić information content (AvgIpc) is 3.53. The number of fused-ring (bicyclic) bond motifs is 1. The first-order chi connectivity index (χ1) is 27.0. The molecule has 292 valence electrons. The summed E-state index contributed by atoms with van der Waals surface area (Å²) in [7, 11) is 1.89. The number of aromatic nitrogens is 1. The van der Waals surface area contributed by atoms with Crippen molar-refractivity contribution in [1.82, 2.24) is 31.2 Å². The van der Waals surface area contributed by atoms with Gasteiger partial charge in [-0.2, -0.15) is 5.26 Å². The predicted octanol–water partition coefficient (Wildman–Crippen LogP) is 3.14. The normalized spacial score (nSPS) is 15.5. The first-order valence-corrected chi connectivity index (χ1v) is 18.3. The Labute approximate surface area is 323 Å². The van der Waals surface area contributed by atoms with Gasteiger partial charge in [-0.05, 0) is 48.2 Å². The summed E-state index contributed by atoms with van der Waals surface area (Å²) in [6.07, 6.45) is 3.03. The van der Waals surface area contributed by atoms with Crippen molar-refractivity contribution in [3.05, 3.63) is 108 Å². The van der Waals surface area contributed by atoms with Crippen LogP contribution in [0.25, 0.3) is 10.9 Å². The second-order valence-corrected chi connectivity index (χ2v) is 13.7. The van der Waals surface area contributed by atoms with E-state index in [-0.39, 0.29) is 24.3 Å². The molecule has 56 heavy (non-hydrogen) atoms. The summed E-state index contributed by atoms with van der Waals surface area (Å²) in [6.45, 7) is -0.466. The maximum Gasteiger partial charge on any atom is 0.268 e. The average molecular weight is 767 g/mol. The van der Waals surface area contributed by atoms with Crippen LogP contribution in [0.15, 0.2) is 91.1 Å². The van der Waals surface area contributed by atoms with Crippen LogP contribution in [0.1, 0.15) is 40.7 Å². The molecule has 13 nitrogen and oxygen atoms in total. The lowest BCUT2D eigenvalue weighted by Crippen LogP contribution is -2.54. The van der Waals surface area contributed by atoms with E-state index in [1.807, 2.05) is 78.7 Å². The maximum absolute atomic E-state index is 13.8. The van der Waals surface area contributed by atoms with Gasteiger partial charge in [0.15, 0.2) is 0 Å². The number of likely N-dealkylation sites (tertiary alicyclic amines) is 1. The number of anilines is 1. The van der Waals surface area contributed by atoms with Crippen LogP contribution in [0.4, 0.5) is 14.5 Å². The molecular weight excluding hydrogens is 722 g/mol. The van der Waals surface area contributed by atoms with Gasteiger partial charge in [-0.25, -0.2) is 8.78 Å². The molecule has 0 spiro atoms. The van der Waals surface area contributed by atoms with Gasteiger partial charge in [0.1, 0.15) is 18.1 Å². The molecule has 5 amide bonds. The van der Waals surface area contributed by atoms with E-state index in [9.17, 15) is 38.0 Å². The number of amides is 5. The van der Waals surface area contributed by atoms with Crippen molar-refractivity contribution in [2.24, 2.45) is 0 Å². The minimum atomic E-state index is -3.16. The molecule has 1 aliphatic heterocycles. The molecule has 1 aromatic heterocycles. The predicted molar refractivity (Wildman–Crippen MR) is 205 cm³/mol. The fourth-order valence-electron chi connectivity index (χ4n) is 6.55. The van der Waals surface area contributed by atoms with E-state index in [1.165, 1.54) is 12.3 Å². The number of alkyl halides is 2. The fourth-order valence-corrected chi connectivity index (χ4v) is 6.55. The summed E-state index contributed by atoms with van der Waals surface area (Å²) in [5.41, 5.74) is 3.29. The first-order valence-electron chi connectivity index (χ1n) is 18.3. The van der Waals surface area contributed by atoms with Crippen molar-refractivity contribution in [2.75, 3.05) is 38.1 Å². The van der Waals surface area contributed by atoms with Crippen LogP contribution >= 0.6 is 0 Å². The SMILES string of the molecule is CN(CCCCNC(=O)[C@@H](Cc1ccccc1)NC(=O)C(Cc1ccccc1)NC=O)c1ccc2nccc(C(=O)NCC(=O)N3CC(F)(F)CC3C#N)c2c1. The standard InChI is InChI=1S/C41H44F2N8O5/c1-50(30-14-15-34-33(22-30)32(16-18-45-34)38(54)47-25-37(53)51-26-41(42,43)23-31(51)24-44)19-9-8-17-46-39(55)36(21-29-12-6-3-7-13-29)49-40(56)35(48-27-52)20-28-10-4-2-5-11-28/h2-7,10-16,18,22,27,31,35-36H,8-9,17,19-21,23,25-26H2,1H3,(H,46,55)(H,47,54)(H,48,52)(H,49,56)/t31?,35?,36-/m1/s1. The minimum Gasteiger partial charge on any atom is -0.375 e. The molecule has 15 heteroatoms. The molecule has 1 fully saturated rings. The lowest BCUT2D eigenvalue weighted by Gasteiger charge is -2.23. The van der Waals surface area contributed by atoms with E-state index < -0.39 is 61.3 Å². The van der Waals surface area contributed by atoms with Gasteiger partial charge in [0.25, 0.3) is 11.8 Å². The molecule has 4 N–H and O–H groups in total. The number of rotatable bonds is 18. The third-order valence-electron chi connectivity index (χ3n) is 9.55. The van der Waals surface area contributed by atoms with E-state index in [4.69, 9.17) is 0 Å². The Bertz CT molecular complexity index is 2050. The maximum atomic E-state index is 13.8. The summed E-state index contributed by atoms with van der Waals surface area (Å²) < 4.78 is 27.7. The van der Waals surface area contributed by atoms with Gasteiger partial charge in [0.2, 0.25) is 24.1 Å². The Morgan fingerprint density at radius 2 is 1.62 bits per heavy atom. The van der Waals surface area contributed by atoms with Gasteiger partial charge in [0.05, 0.1) is 30.2 Å². The highest BCUT2D eigenvalue weighted by molar-refractivity contribution is 6.07. The van der Waals surface area contributed by atoms with E-state index >= 15 is 0 Å². The zero-order valence-corrected chi connectivity index (χ0v) is 30.9. The number of benzene rings is 3. The molecule has 2 unspecified atom stereocenters. The van der Waals surface area contributed by atoms with Crippen LogP contribution in [0.2, 0.25) is 0 Å². The molecule has 0 aliphatic carbocycles. The fraction of sp³-hybridized carbons (Fsp3) is 0.341. The summed E-state index contributed by atoms with van der Waals surface area (Å²) >= 11 is 0. The number of pyridine rings is 1. The number of nitrogens with one attached hydrogen (secondary N) is 4. The number of unbranched alkanes of at least 4 members (excludes halogenated alkanes) is 1. The van der Waals surface area contributed by atoms with Crippen molar-refractivity contribution in [1.29, 1.82) is 5.26 Å². The number of carbonyl (C=O) groups excluding carboxylic acids is 5. The van der Waals surface area contributed by atoms with Crippen LogP contribution in [-0.2, 0) is 32.0 Å². The molecule has 3 atom stereocenters. The lowest BCUT2D eigenvalue weighted by molar-refractivity contribution is -0.131. The number of nitrogens with zero attached hydrogens (tertiary/aromatic N) is 4. The molecular formula is C41H44F2N8O5. The van der Waals surface area contributed by atoms with E-state index in [1.54, 1.807) is 18.2 Å². The smallest absolute Gasteiger partial charge is 0.268 e. The summed E-state index contributed by atoms with van der Waals surface area (Å²) in [5.74, 6) is -5.34. The van der Waals surface area contributed by atoms with Crippen LogP contribution in [0.5, 0.6) is 0 Å². The van der Waals surface area contributed by atoms with Crippen LogP contribution < -0.4 is 26.2 Å². The van der Waals surface area contributed by atoms with E-state index in [0.717, 1.165) is 21.7 Å². The van der Waals surface area contributed by atoms with Crippen LogP contribution in [0, 0.1) is 11.3 Å². The quantitative estimate of drug-likeness (QED) is 0.0883. The van der Waals surface area contributed by atoms with Crippen molar-refractivity contribution in [2.45, 2.75) is 56.2 Å². The number of hydrogen-bond donors (Lipinski definition) is 4. The topological polar surface area (TPSA) is 177 Å². The Hall–Kier alpha value is -6.43. The zero-order valence-electron chi connectivity index (χ0n) is 30.9. The number of hydrogen-bond acceptors (Lipinski definition) is 8. The Morgan fingerprint density at radius 3 is 2.29 bits per heavy atom. The van der Waals surface area contributed by atoms with Gasteiger partial charge >= 0.3 is 0 Å². The van der Waals surface area contributed by atoms with Crippen molar-refractivity contribution >= 4 is 46.6 Å². The highest BCUT2D eigenvalue weighted by Crippen LogP contribution is 2.31. The second-order valence-electron chi connectivity index (χ2n) is 13.7. The highest BCUT2D eigenvalue weighted by atomic mass is 19.3. The summed E-state index contributed by atoms with van der Waals surface area (Å²) in [6, 6.07) is 24.3. The second kappa shape index (κ2) is 19.2. The Kier molecular flexibility index (Phi) is 14.0. The molecule has 5 rings (SSSR count). The van der Waals surface area contributed by atoms with Crippen molar-refractivity contribution in [3.8, 4) is 6.07 Å². The molecule has 3 aromatic carbocycles. The van der Waals surface area contributed by atoms with Gasteiger partial charge in [-0.15, -0.1) is 0 Å². The van der Waals surface area contributed by atoms with E-state index in [0.29, 0.717) is 43.2 Å². The molecule has 4 aromatic rings. The Balaban J connectivity index is 1.14. The van der Waals surface area contributed by atoms with Crippen molar-refractivity contribution < 1.29 is 32.8 Å². The third kappa shape index (κ3) is 11.1. The van der Waals surface area contributed by atoms with Crippen LogP contribution in [-0.4, -0.2) is 97.2 Å². The summed E-state index contributed by atoms with van der Waals surface area (Å²) in [4.78, 5) is 71.0. The zero-order chi connectivity index (χ0) is 40.1. The summed E-state index contributed by atoms with van der Waals surface area (Å²) in [5, 5.41) is 20.6.